The summed E-state index contributed by atoms with van der Waals surface area (Å²) in [7, 11) is 1.79. The molecule has 2 aromatic carbocycles. The van der Waals surface area contributed by atoms with Gasteiger partial charge in [-0.2, -0.15) is 0 Å². The zero-order valence-corrected chi connectivity index (χ0v) is 14.5. The Morgan fingerprint density at radius 2 is 1.64 bits per heavy atom. The van der Waals surface area contributed by atoms with Gasteiger partial charge >= 0.3 is 0 Å². The molecule has 0 aliphatic carbocycles. The molecule has 0 aromatic heterocycles. The van der Waals surface area contributed by atoms with Gasteiger partial charge in [0.05, 0.1) is 0 Å². The first kappa shape index (κ1) is 16.6. The van der Waals surface area contributed by atoms with E-state index in [-0.39, 0.29) is 12.5 Å². The van der Waals surface area contributed by atoms with Crippen molar-refractivity contribution in [1.82, 2.24) is 4.90 Å². The molecule has 4 heteroatoms. The van der Waals surface area contributed by atoms with Crippen LogP contribution in [0.3, 0.4) is 0 Å². The van der Waals surface area contributed by atoms with Crippen molar-refractivity contribution in [1.29, 1.82) is 0 Å². The van der Waals surface area contributed by atoms with Gasteiger partial charge in [-0.3, -0.25) is 4.79 Å². The van der Waals surface area contributed by atoms with Crippen molar-refractivity contribution < 1.29 is 9.53 Å². The van der Waals surface area contributed by atoms with Gasteiger partial charge in [-0.1, -0.05) is 47.1 Å². The quantitative estimate of drug-likeness (QED) is 0.776. The summed E-state index contributed by atoms with van der Waals surface area (Å²) in [6, 6.07) is 15.8. The van der Waals surface area contributed by atoms with Gasteiger partial charge in [0, 0.05) is 18.1 Å². The van der Waals surface area contributed by atoms with Crippen LogP contribution in [0.1, 0.15) is 18.1 Å². The number of halogens is 1. The van der Waals surface area contributed by atoms with Gasteiger partial charge in [-0.15, -0.1) is 0 Å². The number of amides is 1. The summed E-state index contributed by atoms with van der Waals surface area (Å²) in [6.07, 6.45) is 1.02. The van der Waals surface area contributed by atoms with Crippen LogP contribution in [-0.4, -0.2) is 24.5 Å². The maximum Gasteiger partial charge on any atom is 0.260 e. The minimum absolute atomic E-state index is 0.0394. The van der Waals surface area contributed by atoms with E-state index in [9.17, 15) is 4.79 Å². The fourth-order valence-electron chi connectivity index (χ4n) is 2.03. The standard InChI is InChI=1S/C18H20BrNO2/c1-3-14-4-6-15(7-5-14)12-20(2)18(21)13-22-17-10-8-16(19)9-11-17/h4-11H,3,12-13H2,1-2H3. The molecule has 0 saturated carbocycles. The molecule has 2 aromatic rings. The molecule has 0 unspecified atom stereocenters. The summed E-state index contributed by atoms with van der Waals surface area (Å²) < 4.78 is 6.49. The van der Waals surface area contributed by atoms with E-state index in [4.69, 9.17) is 4.74 Å². The number of benzene rings is 2. The first-order valence-corrected chi connectivity index (χ1v) is 8.08. The van der Waals surface area contributed by atoms with Crippen molar-refractivity contribution in [2.24, 2.45) is 0 Å². The number of carbonyl (C=O) groups is 1. The first-order valence-electron chi connectivity index (χ1n) is 7.28. The summed E-state index contributed by atoms with van der Waals surface area (Å²) in [6.45, 7) is 2.77. The lowest BCUT2D eigenvalue weighted by Crippen LogP contribution is -2.30. The van der Waals surface area contributed by atoms with Crippen LogP contribution in [0.15, 0.2) is 53.0 Å². The predicted octanol–water partition coefficient (Wildman–Crippen LogP) is 4.05. The number of ether oxygens (including phenoxy) is 1. The summed E-state index contributed by atoms with van der Waals surface area (Å²) in [4.78, 5) is 13.8. The minimum Gasteiger partial charge on any atom is -0.484 e. The van der Waals surface area contributed by atoms with Crippen molar-refractivity contribution in [3.8, 4) is 5.75 Å². The minimum atomic E-state index is -0.0394. The molecular weight excluding hydrogens is 342 g/mol. The lowest BCUT2D eigenvalue weighted by Gasteiger charge is -2.18. The molecule has 116 valence electrons. The molecule has 0 heterocycles. The molecule has 0 bridgehead atoms. The second-order valence-electron chi connectivity index (χ2n) is 5.16. The third-order valence-electron chi connectivity index (χ3n) is 3.45. The Balaban J connectivity index is 1.84. The third-order valence-corrected chi connectivity index (χ3v) is 3.98. The number of carbonyl (C=O) groups excluding carboxylic acids is 1. The van der Waals surface area contributed by atoms with E-state index in [0.29, 0.717) is 12.3 Å². The van der Waals surface area contributed by atoms with Crippen LogP contribution in [0.2, 0.25) is 0 Å². The fourth-order valence-corrected chi connectivity index (χ4v) is 2.29. The SMILES string of the molecule is CCc1ccc(CN(C)C(=O)COc2ccc(Br)cc2)cc1. The van der Waals surface area contributed by atoms with Crippen molar-refractivity contribution in [3.63, 3.8) is 0 Å². The second-order valence-corrected chi connectivity index (χ2v) is 6.08. The number of aryl methyl sites for hydroxylation is 1. The van der Waals surface area contributed by atoms with Crippen LogP contribution in [-0.2, 0) is 17.8 Å². The van der Waals surface area contributed by atoms with Crippen LogP contribution < -0.4 is 4.74 Å². The van der Waals surface area contributed by atoms with Gasteiger partial charge in [-0.05, 0) is 41.8 Å². The first-order chi connectivity index (χ1) is 10.6. The molecule has 22 heavy (non-hydrogen) atoms. The normalized spacial score (nSPS) is 10.3. The smallest absolute Gasteiger partial charge is 0.260 e. The van der Waals surface area contributed by atoms with Crippen LogP contribution in [0.4, 0.5) is 0 Å². The Kier molecular flexibility index (Phi) is 6.01. The van der Waals surface area contributed by atoms with E-state index < -0.39 is 0 Å². The van der Waals surface area contributed by atoms with Crippen LogP contribution in [0.5, 0.6) is 5.75 Å². The molecule has 0 aliphatic heterocycles. The van der Waals surface area contributed by atoms with Crippen molar-refractivity contribution in [2.45, 2.75) is 19.9 Å². The van der Waals surface area contributed by atoms with E-state index >= 15 is 0 Å². The number of rotatable bonds is 6. The number of hydrogen-bond donors (Lipinski definition) is 0. The molecule has 0 spiro atoms. The summed E-state index contributed by atoms with van der Waals surface area (Å²) in [5.74, 6) is 0.653. The van der Waals surface area contributed by atoms with Crippen LogP contribution in [0.25, 0.3) is 0 Å². The molecule has 0 N–H and O–H groups in total. The van der Waals surface area contributed by atoms with Gasteiger partial charge in [0.15, 0.2) is 6.61 Å². The highest BCUT2D eigenvalue weighted by Gasteiger charge is 2.10. The zero-order valence-electron chi connectivity index (χ0n) is 12.9. The van der Waals surface area contributed by atoms with Gasteiger partial charge in [0.2, 0.25) is 0 Å². The Morgan fingerprint density at radius 1 is 1.05 bits per heavy atom. The predicted molar refractivity (Wildman–Crippen MR) is 91.9 cm³/mol. The zero-order chi connectivity index (χ0) is 15.9. The van der Waals surface area contributed by atoms with E-state index in [0.717, 1.165) is 16.5 Å². The molecule has 0 saturated heterocycles. The average Bonchev–Trinajstić information content (AvgIpc) is 2.54. The summed E-state index contributed by atoms with van der Waals surface area (Å²) in [5, 5.41) is 0. The lowest BCUT2D eigenvalue weighted by molar-refractivity contribution is -0.132. The maximum absolute atomic E-state index is 12.1. The monoisotopic (exact) mass is 361 g/mol. The third kappa shape index (κ3) is 4.88. The topological polar surface area (TPSA) is 29.5 Å². The van der Waals surface area contributed by atoms with Gasteiger partial charge in [-0.25, -0.2) is 0 Å². The lowest BCUT2D eigenvalue weighted by atomic mass is 10.1. The highest BCUT2D eigenvalue weighted by atomic mass is 79.9. The summed E-state index contributed by atoms with van der Waals surface area (Å²) in [5.41, 5.74) is 2.42. The second kappa shape index (κ2) is 7.99. The molecule has 1 amide bonds. The number of nitrogens with zero attached hydrogens (tertiary/aromatic N) is 1. The fraction of sp³-hybridized carbons (Fsp3) is 0.278. The van der Waals surface area contributed by atoms with E-state index in [1.54, 1.807) is 11.9 Å². The Hall–Kier alpha value is -1.81. The van der Waals surface area contributed by atoms with Gasteiger partial charge in [0.1, 0.15) is 5.75 Å². The van der Waals surface area contributed by atoms with Crippen LogP contribution in [0, 0.1) is 0 Å². The van der Waals surface area contributed by atoms with E-state index in [2.05, 4.69) is 47.1 Å². The van der Waals surface area contributed by atoms with Crippen LogP contribution >= 0.6 is 15.9 Å². The summed E-state index contributed by atoms with van der Waals surface area (Å²) >= 11 is 3.37. The molecule has 3 nitrogen and oxygen atoms in total. The molecule has 0 radical (unpaired) electrons. The largest absolute Gasteiger partial charge is 0.484 e. The number of hydrogen-bond acceptors (Lipinski definition) is 2. The Morgan fingerprint density at radius 3 is 2.23 bits per heavy atom. The molecule has 0 aliphatic rings. The highest BCUT2D eigenvalue weighted by molar-refractivity contribution is 9.10. The molecule has 0 atom stereocenters. The van der Waals surface area contributed by atoms with Gasteiger partial charge < -0.3 is 9.64 Å². The molecular formula is C18H20BrNO2. The van der Waals surface area contributed by atoms with Crippen molar-refractivity contribution >= 4 is 21.8 Å². The number of likely N-dealkylation sites (N-methyl/N-ethyl adjacent to an activating group) is 1. The Labute approximate surface area is 140 Å². The maximum atomic E-state index is 12.1. The molecule has 0 fully saturated rings. The van der Waals surface area contributed by atoms with Crippen molar-refractivity contribution in [3.05, 3.63) is 64.1 Å². The van der Waals surface area contributed by atoms with Crippen molar-refractivity contribution in [2.75, 3.05) is 13.7 Å². The Bertz CT molecular complexity index is 608. The average molecular weight is 362 g/mol. The van der Waals surface area contributed by atoms with E-state index in [1.165, 1.54) is 5.56 Å². The van der Waals surface area contributed by atoms with Gasteiger partial charge in [0.25, 0.3) is 5.91 Å². The van der Waals surface area contributed by atoms with E-state index in [1.807, 2.05) is 24.3 Å². The highest BCUT2D eigenvalue weighted by Crippen LogP contribution is 2.16. The molecule has 2 rings (SSSR count).